The van der Waals surface area contributed by atoms with Gasteiger partial charge in [-0.1, -0.05) is 19.9 Å². The van der Waals surface area contributed by atoms with Gasteiger partial charge in [0, 0.05) is 13.2 Å². The molecule has 0 bridgehead atoms. The SMILES string of the molecule is COCOC(=O)[C@@H]1[C@H](C=CC(=O)OC)C1(C)C. The fraction of sp³-hybridized carbons (Fsp3) is 0.667. The Morgan fingerprint density at radius 3 is 2.47 bits per heavy atom. The second-order valence-electron chi connectivity index (χ2n) is 4.58. The predicted octanol–water partition coefficient (Wildman–Crippen LogP) is 1.13. The van der Waals surface area contributed by atoms with Crippen LogP contribution in [0.1, 0.15) is 13.8 Å². The molecule has 5 heteroatoms. The normalized spacial score (nSPS) is 25.6. The van der Waals surface area contributed by atoms with Gasteiger partial charge < -0.3 is 14.2 Å². The number of rotatable bonds is 5. The summed E-state index contributed by atoms with van der Waals surface area (Å²) in [4.78, 5) is 22.6. The van der Waals surface area contributed by atoms with E-state index in [2.05, 4.69) is 9.47 Å². The lowest BCUT2D eigenvalue weighted by molar-refractivity contribution is -0.156. The number of ether oxygens (including phenoxy) is 3. The second-order valence-corrected chi connectivity index (χ2v) is 4.58. The number of methoxy groups -OCH3 is 2. The predicted molar refractivity (Wildman–Crippen MR) is 59.9 cm³/mol. The molecule has 96 valence electrons. The Kier molecular flexibility index (Phi) is 4.28. The van der Waals surface area contributed by atoms with E-state index in [1.165, 1.54) is 20.3 Å². The average Bonchev–Trinajstić information content (AvgIpc) is 2.84. The summed E-state index contributed by atoms with van der Waals surface area (Å²) < 4.78 is 14.1. The fourth-order valence-corrected chi connectivity index (χ4v) is 1.94. The van der Waals surface area contributed by atoms with Crippen LogP contribution in [0.3, 0.4) is 0 Å². The molecule has 0 unspecified atom stereocenters. The molecule has 17 heavy (non-hydrogen) atoms. The van der Waals surface area contributed by atoms with E-state index in [-0.39, 0.29) is 30.0 Å². The smallest absolute Gasteiger partial charge is 0.330 e. The van der Waals surface area contributed by atoms with Gasteiger partial charge in [-0.2, -0.15) is 0 Å². The zero-order valence-corrected chi connectivity index (χ0v) is 10.6. The Hall–Kier alpha value is -1.36. The van der Waals surface area contributed by atoms with Crippen molar-refractivity contribution in [1.29, 1.82) is 0 Å². The molecule has 0 heterocycles. The number of hydrogen-bond donors (Lipinski definition) is 0. The summed E-state index contributed by atoms with van der Waals surface area (Å²) in [5, 5.41) is 0. The van der Waals surface area contributed by atoms with Crippen molar-refractivity contribution in [3.8, 4) is 0 Å². The summed E-state index contributed by atoms with van der Waals surface area (Å²) in [6.07, 6.45) is 3.04. The van der Waals surface area contributed by atoms with Crippen LogP contribution in [0, 0.1) is 17.3 Å². The van der Waals surface area contributed by atoms with Crippen LogP contribution in [-0.4, -0.2) is 33.0 Å². The molecule has 0 spiro atoms. The molecule has 1 saturated carbocycles. The minimum Gasteiger partial charge on any atom is -0.466 e. The summed E-state index contributed by atoms with van der Waals surface area (Å²) >= 11 is 0. The lowest BCUT2D eigenvalue weighted by Gasteiger charge is -2.03. The van der Waals surface area contributed by atoms with Crippen LogP contribution >= 0.6 is 0 Å². The van der Waals surface area contributed by atoms with Crippen LogP contribution in [0.25, 0.3) is 0 Å². The summed E-state index contributed by atoms with van der Waals surface area (Å²) in [6.45, 7) is 3.87. The first-order chi connectivity index (χ1) is 7.95. The summed E-state index contributed by atoms with van der Waals surface area (Å²) in [7, 11) is 2.77. The summed E-state index contributed by atoms with van der Waals surface area (Å²) in [5.41, 5.74) is -0.185. The highest BCUT2D eigenvalue weighted by molar-refractivity contribution is 5.83. The van der Waals surface area contributed by atoms with Crippen molar-refractivity contribution in [2.75, 3.05) is 21.0 Å². The zero-order chi connectivity index (χ0) is 13.1. The first kappa shape index (κ1) is 13.7. The van der Waals surface area contributed by atoms with Gasteiger partial charge in [-0.05, 0) is 11.3 Å². The highest BCUT2D eigenvalue weighted by Crippen LogP contribution is 2.59. The Morgan fingerprint density at radius 2 is 1.94 bits per heavy atom. The Labute approximate surface area is 101 Å². The summed E-state index contributed by atoms with van der Waals surface area (Å²) in [5.74, 6) is -0.933. The van der Waals surface area contributed by atoms with Crippen molar-refractivity contribution in [2.45, 2.75) is 13.8 Å². The molecular weight excluding hydrogens is 224 g/mol. The molecule has 1 rings (SSSR count). The van der Waals surface area contributed by atoms with Crippen LogP contribution in [0.4, 0.5) is 0 Å². The van der Waals surface area contributed by atoms with Gasteiger partial charge >= 0.3 is 11.9 Å². The molecule has 2 atom stereocenters. The molecule has 0 N–H and O–H groups in total. The van der Waals surface area contributed by atoms with Gasteiger partial charge in [0.1, 0.15) is 0 Å². The maximum atomic E-state index is 11.7. The van der Waals surface area contributed by atoms with Crippen LogP contribution < -0.4 is 0 Å². The van der Waals surface area contributed by atoms with Crippen molar-refractivity contribution in [2.24, 2.45) is 17.3 Å². The molecule has 1 aliphatic carbocycles. The van der Waals surface area contributed by atoms with Crippen molar-refractivity contribution >= 4 is 11.9 Å². The van der Waals surface area contributed by atoms with E-state index >= 15 is 0 Å². The van der Waals surface area contributed by atoms with E-state index in [1.54, 1.807) is 6.08 Å². The molecule has 0 aromatic carbocycles. The molecule has 0 aliphatic heterocycles. The Bertz CT molecular complexity index is 332. The largest absolute Gasteiger partial charge is 0.466 e. The first-order valence-corrected chi connectivity index (χ1v) is 5.37. The number of carbonyl (C=O) groups is 2. The van der Waals surface area contributed by atoms with Gasteiger partial charge in [-0.15, -0.1) is 0 Å². The summed E-state index contributed by atoms with van der Waals surface area (Å²) in [6, 6.07) is 0. The van der Waals surface area contributed by atoms with Gasteiger partial charge in [0.25, 0.3) is 0 Å². The Balaban J connectivity index is 2.56. The third-order valence-corrected chi connectivity index (χ3v) is 3.12. The van der Waals surface area contributed by atoms with Gasteiger partial charge in [0.05, 0.1) is 13.0 Å². The number of esters is 2. The highest BCUT2D eigenvalue weighted by Gasteiger charge is 2.61. The molecule has 0 amide bonds. The second kappa shape index (κ2) is 5.31. The van der Waals surface area contributed by atoms with E-state index in [1.807, 2.05) is 13.8 Å². The monoisotopic (exact) mass is 242 g/mol. The van der Waals surface area contributed by atoms with E-state index in [9.17, 15) is 9.59 Å². The number of allylic oxidation sites excluding steroid dienone is 1. The third-order valence-electron chi connectivity index (χ3n) is 3.12. The molecule has 0 saturated heterocycles. The van der Waals surface area contributed by atoms with Gasteiger partial charge in [-0.3, -0.25) is 4.79 Å². The average molecular weight is 242 g/mol. The zero-order valence-electron chi connectivity index (χ0n) is 10.6. The molecule has 0 aromatic rings. The molecule has 0 aromatic heterocycles. The van der Waals surface area contributed by atoms with E-state index in [0.29, 0.717) is 0 Å². The van der Waals surface area contributed by atoms with Crippen LogP contribution in [0.5, 0.6) is 0 Å². The molecule has 0 radical (unpaired) electrons. The molecule has 5 nitrogen and oxygen atoms in total. The Morgan fingerprint density at radius 1 is 1.29 bits per heavy atom. The highest BCUT2D eigenvalue weighted by atomic mass is 16.7. The van der Waals surface area contributed by atoms with E-state index in [4.69, 9.17) is 4.74 Å². The van der Waals surface area contributed by atoms with Crippen LogP contribution in [-0.2, 0) is 23.8 Å². The lowest BCUT2D eigenvalue weighted by atomic mass is 10.1. The molecule has 1 fully saturated rings. The van der Waals surface area contributed by atoms with Gasteiger partial charge in [-0.25, -0.2) is 4.79 Å². The van der Waals surface area contributed by atoms with Crippen molar-refractivity contribution in [3.05, 3.63) is 12.2 Å². The molecular formula is C12H18O5. The number of hydrogen-bond acceptors (Lipinski definition) is 5. The lowest BCUT2D eigenvalue weighted by Crippen LogP contribution is -2.12. The van der Waals surface area contributed by atoms with Crippen molar-refractivity contribution in [3.63, 3.8) is 0 Å². The van der Waals surface area contributed by atoms with E-state index in [0.717, 1.165) is 0 Å². The number of carbonyl (C=O) groups excluding carboxylic acids is 2. The molecule has 1 aliphatic rings. The maximum Gasteiger partial charge on any atom is 0.330 e. The maximum absolute atomic E-state index is 11.7. The van der Waals surface area contributed by atoms with Crippen LogP contribution in [0.15, 0.2) is 12.2 Å². The first-order valence-electron chi connectivity index (χ1n) is 5.37. The quantitative estimate of drug-likeness (QED) is 0.411. The standard InChI is InChI=1S/C12H18O5/c1-12(2)8(5-6-9(13)16-4)10(12)11(14)17-7-15-3/h5-6,8,10H,7H2,1-4H3/t8-,10-/m0/s1. The topological polar surface area (TPSA) is 61.8 Å². The third kappa shape index (κ3) is 3.06. The van der Waals surface area contributed by atoms with Crippen molar-refractivity contribution in [1.82, 2.24) is 0 Å². The fourth-order valence-electron chi connectivity index (χ4n) is 1.94. The van der Waals surface area contributed by atoms with Gasteiger partial charge in [0.2, 0.25) is 0 Å². The minimum atomic E-state index is -0.420. The van der Waals surface area contributed by atoms with E-state index < -0.39 is 5.97 Å². The van der Waals surface area contributed by atoms with Crippen molar-refractivity contribution < 1.29 is 23.8 Å². The van der Waals surface area contributed by atoms with Crippen LogP contribution in [0.2, 0.25) is 0 Å². The van der Waals surface area contributed by atoms with Gasteiger partial charge in [0.15, 0.2) is 6.79 Å². The minimum absolute atomic E-state index is 0.00551.